The maximum Gasteiger partial charge on any atom is 0.165 e. The molecule has 1 aliphatic rings. The second-order valence-electron chi connectivity index (χ2n) is 5.66. The van der Waals surface area contributed by atoms with Gasteiger partial charge in [0.15, 0.2) is 11.5 Å². The Kier molecular flexibility index (Phi) is 6.33. The Morgan fingerprint density at radius 3 is 2.81 bits per heavy atom. The van der Waals surface area contributed by atoms with Crippen molar-refractivity contribution in [2.75, 3.05) is 34.4 Å². The van der Waals surface area contributed by atoms with Gasteiger partial charge in [-0.1, -0.05) is 18.6 Å². The minimum Gasteiger partial charge on any atom is -0.493 e. The van der Waals surface area contributed by atoms with Crippen molar-refractivity contribution in [2.45, 2.75) is 38.3 Å². The lowest BCUT2D eigenvalue weighted by atomic mass is 9.98. The number of rotatable bonds is 7. The summed E-state index contributed by atoms with van der Waals surface area (Å²) in [5.74, 6) is 1.69. The summed E-state index contributed by atoms with van der Waals surface area (Å²) in [6.45, 7) is 3.19. The molecule has 4 heteroatoms. The van der Waals surface area contributed by atoms with Gasteiger partial charge in [0.05, 0.1) is 14.2 Å². The van der Waals surface area contributed by atoms with Crippen LogP contribution in [-0.4, -0.2) is 45.3 Å². The van der Waals surface area contributed by atoms with Gasteiger partial charge in [-0.2, -0.15) is 0 Å². The molecule has 118 valence electrons. The summed E-state index contributed by atoms with van der Waals surface area (Å²) in [6.07, 6.45) is 5.15. The van der Waals surface area contributed by atoms with E-state index in [1.165, 1.54) is 37.8 Å². The summed E-state index contributed by atoms with van der Waals surface area (Å²) in [6, 6.07) is 6.81. The highest BCUT2D eigenvalue weighted by atomic mass is 16.5. The van der Waals surface area contributed by atoms with E-state index in [-0.39, 0.29) is 0 Å². The number of likely N-dealkylation sites (tertiary alicyclic amines) is 1. The van der Waals surface area contributed by atoms with E-state index in [4.69, 9.17) is 9.47 Å². The molecule has 1 fully saturated rings. The maximum absolute atomic E-state index is 5.56. The SMILES string of the molecule is CNCCC1CCCCN1Cc1cccc(OC)c1OC. The van der Waals surface area contributed by atoms with Crippen molar-refractivity contribution in [3.8, 4) is 11.5 Å². The summed E-state index contributed by atoms with van der Waals surface area (Å²) in [5.41, 5.74) is 1.22. The third kappa shape index (κ3) is 4.11. The van der Waals surface area contributed by atoms with E-state index >= 15 is 0 Å². The normalized spacial score (nSPS) is 19.5. The first-order valence-electron chi connectivity index (χ1n) is 7.88. The van der Waals surface area contributed by atoms with Crippen LogP contribution in [0, 0.1) is 0 Å². The number of methoxy groups -OCH3 is 2. The van der Waals surface area contributed by atoms with Gasteiger partial charge < -0.3 is 14.8 Å². The molecule has 1 aliphatic heterocycles. The molecule has 1 saturated heterocycles. The molecule has 0 amide bonds. The Hall–Kier alpha value is -1.26. The lowest BCUT2D eigenvalue weighted by Gasteiger charge is -2.36. The van der Waals surface area contributed by atoms with Crippen LogP contribution in [-0.2, 0) is 6.54 Å². The van der Waals surface area contributed by atoms with Gasteiger partial charge in [-0.15, -0.1) is 0 Å². The number of hydrogen-bond acceptors (Lipinski definition) is 4. The molecule has 0 spiro atoms. The minimum absolute atomic E-state index is 0.669. The van der Waals surface area contributed by atoms with Crippen LogP contribution < -0.4 is 14.8 Å². The number of nitrogens with zero attached hydrogens (tertiary/aromatic N) is 1. The monoisotopic (exact) mass is 292 g/mol. The van der Waals surface area contributed by atoms with Crippen LogP contribution in [0.1, 0.15) is 31.2 Å². The lowest BCUT2D eigenvalue weighted by molar-refractivity contribution is 0.131. The van der Waals surface area contributed by atoms with Crippen molar-refractivity contribution in [1.82, 2.24) is 10.2 Å². The summed E-state index contributed by atoms with van der Waals surface area (Å²) in [7, 11) is 5.44. The number of para-hydroxylation sites is 1. The number of nitrogens with one attached hydrogen (secondary N) is 1. The van der Waals surface area contributed by atoms with E-state index in [0.29, 0.717) is 6.04 Å². The van der Waals surface area contributed by atoms with Crippen molar-refractivity contribution >= 4 is 0 Å². The van der Waals surface area contributed by atoms with Gasteiger partial charge in [0.2, 0.25) is 0 Å². The average Bonchev–Trinajstić information content (AvgIpc) is 2.53. The number of piperidine rings is 1. The van der Waals surface area contributed by atoms with Crippen LogP contribution in [0.5, 0.6) is 11.5 Å². The number of ether oxygens (including phenoxy) is 2. The number of hydrogen-bond donors (Lipinski definition) is 1. The molecule has 1 aromatic rings. The van der Waals surface area contributed by atoms with Gasteiger partial charge in [-0.25, -0.2) is 0 Å². The van der Waals surface area contributed by atoms with Crippen LogP contribution in [0.25, 0.3) is 0 Å². The van der Waals surface area contributed by atoms with Crippen LogP contribution in [0.2, 0.25) is 0 Å². The fourth-order valence-electron chi connectivity index (χ4n) is 3.20. The summed E-state index contributed by atoms with van der Waals surface area (Å²) in [4.78, 5) is 2.60. The van der Waals surface area contributed by atoms with Crippen LogP contribution in [0.4, 0.5) is 0 Å². The van der Waals surface area contributed by atoms with Crippen molar-refractivity contribution in [2.24, 2.45) is 0 Å². The van der Waals surface area contributed by atoms with Gasteiger partial charge in [0.25, 0.3) is 0 Å². The molecular formula is C17H28N2O2. The van der Waals surface area contributed by atoms with E-state index in [1.54, 1.807) is 14.2 Å². The predicted octanol–water partition coefficient (Wildman–Crippen LogP) is 2.67. The van der Waals surface area contributed by atoms with Crippen molar-refractivity contribution < 1.29 is 9.47 Å². The summed E-state index contributed by atoms with van der Waals surface area (Å²) < 4.78 is 11.0. The molecule has 1 aromatic carbocycles. The first kappa shape index (κ1) is 16.1. The molecule has 4 nitrogen and oxygen atoms in total. The summed E-state index contributed by atoms with van der Waals surface area (Å²) in [5, 5.41) is 3.27. The Labute approximate surface area is 128 Å². The van der Waals surface area contributed by atoms with E-state index in [2.05, 4.69) is 16.3 Å². The second-order valence-corrected chi connectivity index (χ2v) is 5.66. The topological polar surface area (TPSA) is 33.7 Å². The fourth-order valence-corrected chi connectivity index (χ4v) is 3.20. The predicted molar refractivity (Wildman–Crippen MR) is 86.1 cm³/mol. The largest absolute Gasteiger partial charge is 0.493 e. The third-order valence-electron chi connectivity index (χ3n) is 4.33. The Bertz CT molecular complexity index is 437. The van der Waals surface area contributed by atoms with Gasteiger partial charge in [-0.05, 0) is 45.5 Å². The first-order chi connectivity index (χ1) is 10.3. The maximum atomic E-state index is 5.56. The van der Waals surface area contributed by atoms with Gasteiger partial charge in [0, 0.05) is 18.2 Å². The van der Waals surface area contributed by atoms with Crippen molar-refractivity contribution in [3.05, 3.63) is 23.8 Å². The van der Waals surface area contributed by atoms with Crippen molar-refractivity contribution in [3.63, 3.8) is 0 Å². The molecule has 1 atom stereocenters. The number of benzene rings is 1. The second kappa shape index (κ2) is 8.25. The smallest absolute Gasteiger partial charge is 0.165 e. The van der Waals surface area contributed by atoms with Crippen LogP contribution in [0.15, 0.2) is 18.2 Å². The zero-order valence-electron chi connectivity index (χ0n) is 13.5. The van der Waals surface area contributed by atoms with Crippen molar-refractivity contribution in [1.29, 1.82) is 0 Å². The molecule has 1 N–H and O–H groups in total. The van der Waals surface area contributed by atoms with E-state index < -0.39 is 0 Å². The zero-order chi connectivity index (χ0) is 15.1. The molecule has 0 aliphatic carbocycles. The molecule has 0 radical (unpaired) electrons. The molecule has 1 heterocycles. The highest BCUT2D eigenvalue weighted by Crippen LogP contribution is 2.33. The Morgan fingerprint density at radius 2 is 2.10 bits per heavy atom. The van der Waals surface area contributed by atoms with E-state index in [9.17, 15) is 0 Å². The van der Waals surface area contributed by atoms with E-state index in [0.717, 1.165) is 24.6 Å². The van der Waals surface area contributed by atoms with E-state index in [1.807, 2.05) is 19.2 Å². The lowest BCUT2D eigenvalue weighted by Crippen LogP contribution is -2.40. The first-order valence-corrected chi connectivity index (χ1v) is 7.88. The highest BCUT2D eigenvalue weighted by Gasteiger charge is 2.23. The van der Waals surface area contributed by atoms with Gasteiger partial charge in [0.1, 0.15) is 0 Å². The van der Waals surface area contributed by atoms with Crippen LogP contribution in [0.3, 0.4) is 0 Å². The quantitative estimate of drug-likeness (QED) is 0.838. The molecule has 1 unspecified atom stereocenters. The Morgan fingerprint density at radius 1 is 1.24 bits per heavy atom. The minimum atomic E-state index is 0.669. The molecule has 0 saturated carbocycles. The Balaban J connectivity index is 2.11. The van der Waals surface area contributed by atoms with Gasteiger partial charge >= 0.3 is 0 Å². The molecule has 2 rings (SSSR count). The average molecular weight is 292 g/mol. The standard InChI is InChI=1S/C17H28N2O2/c1-18-11-10-15-8-4-5-12-19(15)13-14-7-6-9-16(20-2)17(14)21-3/h6-7,9,15,18H,4-5,8,10-13H2,1-3H3. The molecule has 21 heavy (non-hydrogen) atoms. The van der Waals surface area contributed by atoms with Crippen LogP contribution >= 0.6 is 0 Å². The fraction of sp³-hybridized carbons (Fsp3) is 0.647. The third-order valence-corrected chi connectivity index (χ3v) is 4.33. The summed E-state index contributed by atoms with van der Waals surface area (Å²) >= 11 is 0. The zero-order valence-corrected chi connectivity index (χ0v) is 13.5. The van der Waals surface area contributed by atoms with Gasteiger partial charge in [-0.3, -0.25) is 4.90 Å². The molecule has 0 aromatic heterocycles. The molecule has 0 bridgehead atoms. The molecular weight excluding hydrogens is 264 g/mol. The highest BCUT2D eigenvalue weighted by molar-refractivity contribution is 5.46.